The number of carboxylic acid groups (broad SMARTS) is 1. The summed E-state index contributed by atoms with van der Waals surface area (Å²) < 4.78 is 15.8. The van der Waals surface area contributed by atoms with Crippen molar-refractivity contribution in [3.8, 4) is 28.5 Å². The molecule has 8 nitrogen and oxygen atoms in total. The molecular weight excluding hydrogens is 396 g/mol. The van der Waals surface area contributed by atoms with Crippen LogP contribution >= 0.6 is 11.3 Å². The second kappa shape index (κ2) is 9.07. The van der Waals surface area contributed by atoms with E-state index in [4.69, 9.17) is 19.3 Å². The van der Waals surface area contributed by atoms with E-state index in [1.165, 1.54) is 23.5 Å². The van der Waals surface area contributed by atoms with E-state index in [0.717, 1.165) is 5.56 Å². The molecule has 1 heterocycles. The van der Waals surface area contributed by atoms with Gasteiger partial charge in [-0.2, -0.15) is 0 Å². The number of carboxylic acids is 1. The SMILES string of the molecule is COc1ccc(-c2csc(NC(=O)COc3ccccc3C(=O)O)n2)cc1OC. The molecule has 1 amide bonds. The number of aromatic nitrogens is 1. The first-order chi connectivity index (χ1) is 14.0. The minimum atomic E-state index is -1.12. The fourth-order valence-electron chi connectivity index (χ4n) is 2.53. The first-order valence-corrected chi connectivity index (χ1v) is 9.32. The first-order valence-electron chi connectivity index (χ1n) is 8.44. The average molecular weight is 414 g/mol. The first kappa shape index (κ1) is 20.2. The Hall–Kier alpha value is -3.59. The summed E-state index contributed by atoms with van der Waals surface area (Å²) in [4.78, 5) is 27.7. The predicted octanol–water partition coefficient (Wildman–Crippen LogP) is 3.54. The van der Waals surface area contributed by atoms with Gasteiger partial charge in [-0.15, -0.1) is 11.3 Å². The number of methoxy groups -OCH3 is 2. The second-order valence-corrected chi connectivity index (χ2v) is 6.60. The van der Waals surface area contributed by atoms with E-state index in [1.54, 1.807) is 43.9 Å². The van der Waals surface area contributed by atoms with Gasteiger partial charge in [0.05, 0.1) is 19.9 Å². The Balaban J connectivity index is 1.65. The monoisotopic (exact) mass is 414 g/mol. The number of para-hydroxylation sites is 1. The van der Waals surface area contributed by atoms with Gasteiger partial charge in [0.25, 0.3) is 5.91 Å². The standard InChI is InChI=1S/C20H18N2O6S/c1-26-16-8-7-12(9-17(16)27-2)14-11-29-20(21-14)22-18(23)10-28-15-6-4-3-5-13(15)19(24)25/h3-9,11H,10H2,1-2H3,(H,24,25)(H,21,22,23). The van der Waals surface area contributed by atoms with E-state index in [2.05, 4.69) is 10.3 Å². The molecule has 0 aliphatic heterocycles. The van der Waals surface area contributed by atoms with Crippen molar-refractivity contribution in [3.63, 3.8) is 0 Å². The van der Waals surface area contributed by atoms with Gasteiger partial charge < -0.3 is 19.3 Å². The van der Waals surface area contributed by atoms with Crippen LogP contribution in [0.4, 0.5) is 5.13 Å². The van der Waals surface area contributed by atoms with Gasteiger partial charge in [-0.25, -0.2) is 9.78 Å². The number of nitrogens with zero attached hydrogens (tertiary/aromatic N) is 1. The molecule has 0 unspecified atom stereocenters. The number of anilines is 1. The van der Waals surface area contributed by atoms with Gasteiger partial charge in [-0.1, -0.05) is 12.1 Å². The summed E-state index contributed by atoms with van der Waals surface area (Å²) in [5.41, 5.74) is 1.47. The number of aromatic carboxylic acids is 1. The molecule has 9 heteroatoms. The fraction of sp³-hybridized carbons (Fsp3) is 0.150. The summed E-state index contributed by atoms with van der Waals surface area (Å²) in [6.07, 6.45) is 0. The van der Waals surface area contributed by atoms with Gasteiger partial charge in [0.1, 0.15) is 11.3 Å². The van der Waals surface area contributed by atoms with Crippen LogP contribution in [0.3, 0.4) is 0 Å². The van der Waals surface area contributed by atoms with Crippen molar-refractivity contribution in [2.75, 3.05) is 26.1 Å². The van der Waals surface area contributed by atoms with E-state index < -0.39 is 11.9 Å². The van der Waals surface area contributed by atoms with Crippen molar-refractivity contribution in [1.29, 1.82) is 0 Å². The zero-order valence-electron chi connectivity index (χ0n) is 15.7. The highest BCUT2D eigenvalue weighted by molar-refractivity contribution is 7.14. The molecule has 0 saturated carbocycles. The molecule has 0 aliphatic rings. The van der Waals surface area contributed by atoms with Crippen molar-refractivity contribution in [2.45, 2.75) is 0 Å². The van der Waals surface area contributed by atoms with Crippen molar-refractivity contribution in [1.82, 2.24) is 4.98 Å². The van der Waals surface area contributed by atoms with Crippen molar-refractivity contribution in [3.05, 3.63) is 53.4 Å². The molecule has 3 aromatic rings. The highest BCUT2D eigenvalue weighted by Gasteiger charge is 2.14. The van der Waals surface area contributed by atoms with Crippen LogP contribution in [0.25, 0.3) is 11.3 Å². The van der Waals surface area contributed by atoms with Crippen molar-refractivity contribution in [2.24, 2.45) is 0 Å². The number of hydrogen-bond donors (Lipinski definition) is 2. The van der Waals surface area contributed by atoms with E-state index >= 15 is 0 Å². The normalized spacial score (nSPS) is 10.3. The Kier molecular flexibility index (Phi) is 6.30. The lowest BCUT2D eigenvalue weighted by Crippen LogP contribution is -2.20. The van der Waals surface area contributed by atoms with Crippen LogP contribution in [0.5, 0.6) is 17.2 Å². The summed E-state index contributed by atoms with van der Waals surface area (Å²) in [7, 11) is 3.11. The summed E-state index contributed by atoms with van der Waals surface area (Å²) in [5, 5.41) is 14.0. The van der Waals surface area contributed by atoms with Crippen LogP contribution in [0.15, 0.2) is 47.8 Å². The highest BCUT2D eigenvalue weighted by Crippen LogP contribution is 2.33. The molecule has 29 heavy (non-hydrogen) atoms. The average Bonchev–Trinajstić information content (AvgIpc) is 3.20. The van der Waals surface area contributed by atoms with Gasteiger partial charge in [-0.3, -0.25) is 10.1 Å². The molecular formula is C20H18N2O6S. The molecule has 2 N–H and O–H groups in total. The fourth-order valence-corrected chi connectivity index (χ4v) is 3.26. The topological polar surface area (TPSA) is 107 Å². The third-order valence-electron chi connectivity index (χ3n) is 3.91. The number of carbonyl (C=O) groups is 2. The Bertz CT molecular complexity index is 1030. The molecule has 150 valence electrons. The molecule has 3 rings (SSSR count). The Labute approximate surface area is 170 Å². The minimum absolute atomic E-state index is 0.00899. The van der Waals surface area contributed by atoms with Gasteiger partial charge >= 0.3 is 5.97 Å². The maximum atomic E-state index is 12.1. The van der Waals surface area contributed by atoms with Crippen LogP contribution < -0.4 is 19.5 Å². The Morgan fingerprint density at radius 2 is 1.83 bits per heavy atom. The van der Waals surface area contributed by atoms with Crippen molar-refractivity contribution >= 4 is 28.3 Å². The quantitative estimate of drug-likeness (QED) is 0.580. The van der Waals surface area contributed by atoms with Crippen LogP contribution in [-0.4, -0.2) is 42.8 Å². The zero-order valence-corrected chi connectivity index (χ0v) is 16.5. The maximum absolute atomic E-state index is 12.1. The number of carbonyl (C=O) groups excluding carboxylic acids is 1. The summed E-state index contributed by atoms with van der Waals surface area (Å²) in [5.74, 6) is -0.257. The number of thiazole rings is 1. The predicted molar refractivity (Wildman–Crippen MR) is 108 cm³/mol. The number of hydrogen-bond acceptors (Lipinski definition) is 7. The van der Waals surface area contributed by atoms with Crippen LogP contribution in [0.1, 0.15) is 10.4 Å². The lowest BCUT2D eigenvalue weighted by Gasteiger charge is -2.08. The molecule has 2 aromatic carbocycles. The zero-order chi connectivity index (χ0) is 20.8. The van der Waals surface area contributed by atoms with Crippen LogP contribution in [-0.2, 0) is 4.79 Å². The van der Waals surface area contributed by atoms with Gasteiger partial charge in [0.15, 0.2) is 23.2 Å². The van der Waals surface area contributed by atoms with Gasteiger partial charge in [0.2, 0.25) is 0 Å². The molecule has 0 atom stereocenters. The summed E-state index contributed by atoms with van der Waals surface area (Å²) >= 11 is 1.26. The number of nitrogens with one attached hydrogen (secondary N) is 1. The van der Waals surface area contributed by atoms with E-state index in [1.807, 2.05) is 6.07 Å². The molecule has 0 saturated heterocycles. The molecule has 0 fully saturated rings. The molecule has 0 spiro atoms. The number of benzene rings is 2. The number of amides is 1. The minimum Gasteiger partial charge on any atom is -0.493 e. The van der Waals surface area contributed by atoms with Gasteiger partial charge in [-0.05, 0) is 30.3 Å². The lowest BCUT2D eigenvalue weighted by molar-refractivity contribution is -0.118. The third kappa shape index (κ3) is 4.82. The summed E-state index contributed by atoms with van der Waals surface area (Å²) in [6, 6.07) is 11.5. The third-order valence-corrected chi connectivity index (χ3v) is 4.66. The second-order valence-electron chi connectivity index (χ2n) is 5.75. The Morgan fingerprint density at radius 1 is 1.07 bits per heavy atom. The molecule has 1 aromatic heterocycles. The highest BCUT2D eigenvalue weighted by atomic mass is 32.1. The van der Waals surface area contributed by atoms with Crippen LogP contribution in [0, 0.1) is 0 Å². The van der Waals surface area contributed by atoms with Gasteiger partial charge in [0, 0.05) is 10.9 Å². The summed E-state index contributed by atoms with van der Waals surface area (Å²) in [6.45, 7) is -0.338. The maximum Gasteiger partial charge on any atom is 0.339 e. The van der Waals surface area contributed by atoms with E-state index in [-0.39, 0.29) is 17.9 Å². The van der Waals surface area contributed by atoms with E-state index in [9.17, 15) is 9.59 Å². The number of rotatable bonds is 8. The smallest absolute Gasteiger partial charge is 0.339 e. The lowest BCUT2D eigenvalue weighted by atomic mass is 10.1. The van der Waals surface area contributed by atoms with Crippen molar-refractivity contribution < 1.29 is 28.9 Å². The molecule has 0 aliphatic carbocycles. The molecule has 0 bridgehead atoms. The number of ether oxygens (including phenoxy) is 3. The largest absolute Gasteiger partial charge is 0.493 e. The van der Waals surface area contributed by atoms with Crippen LogP contribution in [0.2, 0.25) is 0 Å². The Morgan fingerprint density at radius 3 is 2.55 bits per heavy atom. The van der Waals surface area contributed by atoms with E-state index in [0.29, 0.717) is 22.3 Å². The molecule has 0 radical (unpaired) electrons.